The molecule has 166 valence electrons. The third-order valence-corrected chi connectivity index (χ3v) is 7.21. The third kappa shape index (κ3) is 5.86. The highest BCUT2D eigenvalue weighted by molar-refractivity contribution is 7.90. The first-order valence-corrected chi connectivity index (χ1v) is 12.4. The first-order valence-electron chi connectivity index (χ1n) is 10.1. The van der Waals surface area contributed by atoms with Gasteiger partial charge in [-0.3, -0.25) is 9.78 Å². The molecule has 0 saturated heterocycles. The number of carbonyl (C=O) groups excluding carboxylic acids is 1. The molecule has 1 heterocycles. The Labute approximate surface area is 186 Å². The summed E-state index contributed by atoms with van der Waals surface area (Å²) in [6, 6.07) is 4.03. The zero-order valence-electron chi connectivity index (χ0n) is 17.4. The van der Waals surface area contributed by atoms with Gasteiger partial charge in [0.2, 0.25) is 5.91 Å². The van der Waals surface area contributed by atoms with Crippen molar-refractivity contribution in [3.05, 3.63) is 51.8 Å². The summed E-state index contributed by atoms with van der Waals surface area (Å²) in [5.41, 5.74) is 1.07. The highest BCUT2D eigenvalue weighted by Gasteiger charge is 2.28. The Morgan fingerprint density at radius 3 is 2.52 bits per heavy atom. The van der Waals surface area contributed by atoms with Gasteiger partial charge in [0.25, 0.3) is 0 Å². The van der Waals surface area contributed by atoms with Gasteiger partial charge in [0.1, 0.15) is 6.04 Å². The quantitative estimate of drug-likeness (QED) is 0.567. The van der Waals surface area contributed by atoms with Gasteiger partial charge in [-0.25, -0.2) is 13.4 Å². The molecule has 31 heavy (non-hydrogen) atoms. The van der Waals surface area contributed by atoms with Gasteiger partial charge in [0.05, 0.1) is 33.9 Å². The molecule has 0 radical (unpaired) electrons. The first-order chi connectivity index (χ1) is 14.7. The Morgan fingerprint density at radius 2 is 1.97 bits per heavy atom. The maximum Gasteiger partial charge on any atom is 0.233 e. The minimum Gasteiger partial charge on any atom is -0.309 e. The molecule has 1 unspecified atom stereocenters. The molecular weight excluding hydrogens is 440 g/mol. The lowest BCUT2D eigenvalue weighted by atomic mass is 9.87. The van der Waals surface area contributed by atoms with Crippen LogP contribution in [-0.2, 0) is 14.6 Å². The van der Waals surface area contributed by atoms with Crippen LogP contribution in [0.4, 0.5) is 5.82 Å². The molecule has 0 bridgehead atoms. The van der Waals surface area contributed by atoms with Gasteiger partial charge in [-0.2, -0.15) is 4.91 Å². The molecule has 2 atom stereocenters. The summed E-state index contributed by atoms with van der Waals surface area (Å²) in [6.45, 7) is 1.61. The highest BCUT2D eigenvalue weighted by Crippen LogP contribution is 2.36. The topological polar surface area (TPSA) is 118 Å². The van der Waals surface area contributed by atoms with E-state index >= 15 is 0 Å². The molecule has 1 amide bonds. The van der Waals surface area contributed by atoms with E-state index in [-0.39, 0.29) is 21.6 Å². The van der Waals surface area contributed by atoms with Crippen LogP contribution in [0.15, 0.2) is 40.7 Å². The average molecular weight is 465 g/mol. The number of nitrogens with one attached hydrogen (secondary N) is 1. The lowest BCUT2D eigenvalue weighted by molar-refractivity contribution is -0.118. The molecule has 1 aromatic carbocycles. The standard InChI is InChI=1S/C21H25ClN4O4S/c1-13(26-28)18-11-24-20(12-23-18)25-21(27)16(9-14-5-3-4-6-14)15-7-8-19(17(22)10-15)31(2,29)30/h7-8,10-14,16H,3-6,9H2,1-2H3,(H,24,25,27)/t13?,16-/m1/s1. The van der Waals surface area contributed by atoms with Crippen molar-refractivity contribution >= 4 is 33.2 Å². The molecular formula is C21H25ClN4O4S. The van der Waals surface area contributed by atoms with Crippen LogP contribution in [-0.4, -0.2) is 30.5 Å². The van der Waals surface area contributed by atoms with Crippen LogP contribution in [0.3, 0.4) is 0 Å². The molecule has 1 saturated carbocycles. The van der Waals surface area contributed by atoms with E-state index in [0.717, 1.165) is 31.9 Å². The number of anilines is 1. The fourth-order valence-corrected chi connectivity index (χ4v) is 5.23. The van der Waals surface area contributed by atoms with Gasteiger partial charge in [-0.1, -0.05) is 48.5 Å². The molecule has 3 rings (SSSR count). The van der Waals surface area contributed by atoms with Crippen molar-refractivity contribution in [1.29, 1.82) is 0 Å². The third-order valence-electron chi connectivity index (χ3n) is 5.63. The maximum atomic E-state index is 13.2. The minimum atomic E-state index is -3.46. The SMILES string of the molecule is CC(N=O)c1cnc(NC(=O)[C@H](CC2CCCC2)c2ccc(S(C)(=O)=O)c(Cl)c2)cn1. The molecule has 1 aliphatic carbocycles. The van der Waals surface area contributed by atoms with Crippen molar-refractivity contribution in [1.82, 2.24) is 9.97 Å². The second-order valence-electron chi connectivity index (χ2n) is 8.00. The van der Waals surface area contributed by atoms with E-state index in [2.05, 4.69) is 20.5 Å². The van der Waals surface area contributed by atoms with Crippen molar-refractivity contribution < 1.29 is 13.2 Å². The van der Waals surface area contributed by atoms with Crippen molar-refractivity contribution in [2.45, 2.75) is 55.9 Å². The second-order valence-corrected chi connectivity index (χ2v) is 10.4. The summed E-state index contributed by atoms with van der Waals surface area (Å²) in [6.07, 6.45) is 8.93. The average Bonchev–Trinajstić information content (AvgIpc) is 3.24. The monoisotopic (exact) mass is 464 g/mol. The molecule has 8 nitrogen and oxygen atoms in total. The minimum absolute atomic E-state index is 0.0392. The maximum absolute atomic E-state index is 13.2. The van der Waals surface area contributed by atoms with Crippen molar-refractivity contribution in [3.63, 3.8) is 0 Å². The van der Waals surface area contributed by atoms with E-state index in [9.17, 15) is 18.1 Å². The van der Waals surface area contributed by atoms with Gasteiger partial charge in [-0.05, 0) is 37.0 Å². The Bertz CT molecular complexity index is 1050. The van der Waals surface area contributed by atoms with Crippen LogP contribution < -0.4 is 5.32 Å². The number of nitroso groups, excluding NO2 is 1. The van der Waals surface area contributed by atoms with E-state index < -0.39 is 21.8 Å². The Morgan fingerprint density at radius 1 is 1.26 bits per heavy atom. The van der Waals surface area contributed by atoms with Crippen LogP contribution in [0.2, 0.25) is 5.02 Å². The van der Waals surface area contributed by atoms with Crippen LogP contribution in [0.1, 0.15) is 62.2 Å². The first kappa shape index (κ1) is 23.3. The smallest absolute Gasteiger partial charge is 0.233 e. The Kier molecular flexibility index (Phi) is 7.38. The van der Waals surface area contributed by atoms with E-state index in [4.69, 9.17) is 11.6 Å². The lowest BCUT2D eigenvalue weighted by Gasteiger charge is -2.21. The van der Waals surface area contributed by atoms with Gasteiger partial charge in [-0.15, -0.1) is 0 Å². The number of halogens is 1. The number of rotatable bonds is 8. The number of nitrogens with zero attached hydrogens (tertiary/aromatic N) is 3. The van der Waals surface area contributed by atoms with Crippen molar-refractivity contribution in [2.75, 3.05) is 11.6 Å². The lowest BCUT2D eigenvalue weighted by Crippen LogP contribution is -2.24. The van der Waals surface area contributed by atoms with Crippen LogP contribution in [0.5, 0.6) is 0 Å². The Hall–Kier alpha value is -2.39. The Balaban J connectivity index is 1.85. The molecule has 1 aliphatic rings. The summed E-state index contributed by atoms with van der Waals surface area (Å²) in [5, 5.41) is 5.79. The molecule has 1 aromatic heterocycles. The fraction of sp³-hybridized carbons (Fsp3) is 0.476. The van der Waals surface area contributed by atoms with Crippen LogP contribution in [0.25, 0.3) is 0 Å². The largest absolute Gasteiger partial charge is 0.309 e. The number of hydrogen-bond donors (Lipinski definition) is 1. The second kappa shape index (κ2) is 9.82. The number of carbonyl (C=O) groups is 1. The molecule has 2 aromatic rings. The highest BCUT2D eigenvalue weighted by atomic mass is 35.5. The van der Waals surface area contributed by atoms with E-state index in [1.165, 1.54) is 18.5 Å². The summed E-state index contributed by atoms with van der Waals surface area (Å²) >= 11 is 6.23. The van der Waals surface area contributed by atoms with E-state index in [1.807, 2.05) is 0 Å². The van der Waals surface area contributed by atoms with Gasteiger partial charge >= 0.3 is 0 Å². The van der Waals surface area contributed by atoms with Gasteiger partial charge in [0.15, 0.2) is 15.7 Å². The molecule has 1 fully saturated rings. The normalized spacial score (nSPS) is 16.6. The molecule has 0 aliphatic heterocycles. The summed E-state index contributed by atoms with van der Waals surface area (Å²) in [7, 11) is -3.46. The van der Waals surface area contributed by atoms with Crippen LogP contribution in [0, 0.1) is 10.8 Å². The van der Waals surface area contributed by atoms with E-state index in [1.54, 1.807) is 19.1 Å². The van der Waals surface area contributed by atoms with Crippen LogP contribution >= 0.6 is 11.6 Å². The number of benzene rings is 1. The molecule has 10 heteroatoms. The number of amides is 1. The van der Waals surface area contributed by atoms with Gasteiger partial charge in [0, 0.05) is 6.26 Å². The molecule has 0 spiro atoms. The summed E-state index contributed by atoms with van der Waals surface area (Å²) < 4.78 is 23.8. The zero-order chi connectivity index (χ0) is 22.6. The van der Waals surface area contributed by atoms with Gasteiger partial charge < -0.3 is 5.32 Å². The number of aromatic nitrogens is 2. The number of sulfone groups is 1. The van der Waals surface area contributed by atoms with Crippen molar-refractivity contribution in [2.24, 2.45) is 11.1 Å². The predicted molar refractivity (Wildman–Crippen MR) is 119 cm³/mol. The predicted octanol–water partition coefficient (Wildman–Crippen LogP) is 4.66. The fourth-order valence-electron chi connectivity index (χ4n) is 3.89. The van der Waals surface area contributed by atoms with E-state index in [0.29, 0.717) is 23.6 Å². The van der Waals surface area contributed by atoms with Crippen molar-refractivity contribution in [3.8, 4) is 0 Å². The zero-order valence-corrected chi connectivity index (χ0v) is 19.0. The summed E-state index contributed by atoms with van der Waals surface area (Å²) in [4.78, 5) is 32.1. The molecule has 1 N–H and O–H groups in total. The number of hydrogen-bond acceptors (Lipinski definition) is 7. The summed E-state index contributed by atoms with van der Waals surface area (Å²) in [5.74, 6) is -0.0934.